The van der Waals surface area contributed by atoms with Gasteiger partial charge in [-0.1, -0.05) is 33.1 Å². The van der Waals surface area contributed by atoms with Crippen molar-refractivity contribution in [1.82, 2.24) is 5.32 Å². The molecule has 0 aromatic carbocycles. The number of nitrogens with one attached hydrogen (secondary N) is 1. The van der Waals surface area contributed by atoms with Crippen LogP contribution < -0.4 is 5.32 Å². The highest BCUT2D eigenvalue weighted by atomic mass is 16.5. The summed E-state index contributed by atoms with van der Waals surface area (Å²) >= 11 is 0. The van der Waals surface area contributed by atoms with Crippen molar-refractivity contribution in [2.45, 2.75) is 76.9 Å². The Morgan fingerprint density at radius 1 is 1.28 bits per heavy atom. The zero-order valence-corrected chi connectivity index (χ0v) is 12.0. The van der Waals surface area contributed by atoms with Gasteiger partial charge in [0.2, 0.25) is 0 Å². The Morgan fingerprint density at radius 3 is 2.56 bits per heavy atom. The number of ether oxygens (including phenoxy) is 1. The molecule has 1 aliphatic rings. The molecule has 0 amide bonds. The molecule has 0 radical (unpaired) electrons. The van der Waals surface area contributed by atoms with E-state index in [0.717, 1.165) is 32.4 Å². The SMILES string of the molecule is CCNC(C#N)(CC)CCCOC1CCCCC1. The van der Waals surface area contributed by atoms with Gasteiger partial charge in [0, 0.05) is 6.61 Å². The molecule has 0 heterocycles. The molecule has 0 saturated heterocycles. The molecule has 0 spiro atoms. The molecule has 0 aromatic heterocycles. The highest BCUT2D eigenvalue weighted by Gasteiger charge is 2.26. The average molecular weight is 252 g/mol. The van der Waals surface area contributed by atoms with Crippen molar-refractivity contribution in [3.05, 3.63) is 0 Å². The maximum atomic E-state index is 9.30. The maximum absolute atomic E-state index is 9.30. The van der Waals surface area contributed by atoms with E-state index in [4.69, 9.17) is 4.74 Å². The third-order valence-corrected chi connectivity index (χ3v) is 3.99. The molecule has 1 saturated carbocycles. The van der Waals surface area contributed by atoms with Crippen molar-refractivity contribution in [2.24, 2.45) is 0 Å². The number of hydrogen-bond acceptors (Lipinski definition) is 3. The fourth-order valence-corrected chi connectivity index (χ4v) is 2.76. The Balaban J connectivity index is 2.20. The van der Waals surface area contributed by atoms with Crippen LogP contribution in [-0.2, 0) is 4.74 Å². The van der Waals surface area contributed by atoms with Gasteiger partial charge in [0.1, 0.15) is 5.54 Å². The van der Waals surface area contributed by atoms with Crippen LogP contribution in [0.25, 0.3) is 0 Å². The highest BCUT2D eigenvalue weighted by molar-refractivity contribution is 5.05. The zero-order chi connectivity index (χ0) is 13.3. The van der Waals surface area contributed by atoms with Crippen molar-refractivity contribution in [3.63, 3.8) is 0 Å². The highest BCUT2D eigenvalue weighted by Crippen LogP contribution is 2.21. The van der Waals surface area contributed by atoms with Gasteiger partial charge in [-0.05, 0) is 38.6 Å². The van der Waals surface area contributed by atoms with Gasteiger partial charge in [-0.15, -0.1) is 0 Å². The summed E-state index contributed by atoms with van der Waals surface area (Å²) in [5.41, 5.74) is -0.343. The molecule has 3 nitrogen and oxygen atoms in total. The minimum atomic E-state index is -0.343. The molecule has 1 aliphatic carbocycles. The van der Waals surface area contributed by atoms with E-state index in [0.29, 0.717) is 6.10 Å². The molecule has 1 N–H and O–H groups in total. The van der Waals surface area contributed by atoms with Crippen LogP contribution in [-0.4, -0.2) is 24.8 Å². The first-order valence-electron chi connectivity index (χ1n) is 7.54. The second kappa shape index (κ2) is 8.50. The fourth-order valence-electron chi connectivity index (χ4n) is 2.76. The Morgan fingerprint density at radius 2 is 2.00 bits per heavy atom. The summed E-state index contributed by atoms with van der Waals surface area (Å²) in [7, 11) is 0. The lowest BCUT2D eigenvalue weighted by Crippen LogP contribution is -2.43. The largest absolute Gasteiger partial charge is 0.378 e. The van der Waals surface area contributed by atoms with E-state index in [1.54, 1.807) is 0 Å². The van der Waals surface area contributed by atoms with Crippen LogP contribution in [0.15, 0.2) is 0 Å². The summed E-state index contributed by atoms with van der Waals surface area (Å²) < 4.78 is 5.91. The first kappa shape index (κ1) is 15.5. The molecule has 0 aromatic rings. The van der Waals surface area contributed by atoms with E-state index in [2.05, 4.69) is 25.2 Å². The number of hydrogen-bond donors (Lipinski definition) is 1. The quantitative estimate of drug-likeness (QED) is 0.673. The number of nitrogens with zero attached hydrogens (tertiary/aromatic N) is 1. The molecule has 18 heavy (non-hydrogen) atoms. The van der Waals surface area contributed by atoms with Crippen molar-refractivity contribution >= 4 is 0 Å². The molecule has 1 atom stereocenters. The molecule has 0 bridgehead atoms. The summed E-state index contributed by atoms with van der Waals surface area (Å²) in [5, 5.41) is 12.6. The van der Waals surface area contributed by atoms with Crippen LogP contribution in [0, 0.1) is 11.3 Å². The summed E-state index contributed by atoms with van der Waals surface area (Å²) in [6.07, 6.45) is 9.67. The smallest absolute Gasteiger partial charge is 0.106 e. The van der Waals surface area contributed by atoms with Crippen LogP contribution in [0.1, 0.15) is 65.2 Å². The van der Waals surface area contributed by atoms with E-state index in [9.17, 15) is 5.26 Å². The van der Waals surface area contributed by atoms with Gasteiger partial charge in [-0.25, -0.2) is 0 Å². The van der Waals surface area contributed by atoms with Crippen molar-refractivity contribution in [3.8, 4) is 6.07 Å². The molecule has 1 rings (SSSR count). The molecule has 104 valence electrons. The summed E-state index contributed by atoms with van der Waals surface area (Å²) in [6.45, 7) is 5.79. The maximum Gasteiger partial charge on any atom is 0.106 e. The van der Waals surface area contributed by atoms with Gasteiger partial charge < -0.3 is 4.74 Å². The summed E-state index contributed by atoms with van der Waals surface area (Å²) in [4.78, 5) is 0. The van der Waals surface area contributed by atoms with E-state index >= 15 is 0 Å². The third-order valence-electron chi connectivity index (χ3n) is 3.99. The third kappa shape index (κ3) is 4.96. The first-order valence-corrected chi connectivity index (χ1v) is 7.54. The first-order chi connectivity index (χ1) is 8.76. The van der Waals surface area contributed by atoms with Gasteiger partial charge in [0.25, 0.3) is 0 Å². The Labute approximate surface area is 112 Å². The second-order valence-electron chi connectivity index (χ2n) is 5.31. The minimum absolute atomic E-state index is 0.343. The minimum Gasteiger partial charge on any atom is -0.378 e. The number of nitriles is 1. The molecule has 3 heteroatoms. The summed E-state index contributed by atoms with van der Waals surface area (Å²) in [6, 6.07) is 2.44. The van der Waals surface area contributed by atoms with E-state index in [-0.39, 0.29) is 5.54 Å². The van der Waals surface area contributed by atoms with Crippen LogP contribution in [0.5, 0.6) is 0 Å². The lowest BCUT2D eigenvalue weighted by molar-refractivity contribution is 0.0245. The van der Waals surface area contributed by atoms with Gasteiger partial charge in [0.15, 0.2) is 0 Å². The second-order valence-corrected chi connectivity index (χ2v) is 5.31. The standard InChI is InChI=1S/C15H28N2O/c1-3-15(13-16,17-4-2)11-8-12-18-14-9-6-5-7-10-14/h14,17H,3-12H2,1-2H3. The zero-order valence-electron chi connectivity index (χ0n) is 12.0. The van der Waals surface area contributed by atoms with Crippen LogP contribution in [0.4, 0.5) is 0 Å². The van der Waals surface area contributed by atoms with Gasteiger partial charge in [0.05, 0.1) is 12.2 Å². The van der Waals surface area contributed by atoms with E-state index in [1.807, 2.05) is 0 Å². The molecule has 1 unspecified atom stereocenters. The predicted molar refractivity (Wildman–Crippen MR) is 74.4 cm³/mol. The van der Waals surface area contributed by atoms with Crippen LogP contribution in [0.2, 0.25) is 0 Å². The topological polar surface area (TPSA) is 45.0 Å². The molecule has 0 aliphatic heterocycles. The van der Waals surface area contributed by atoms with Crippen molar-refractivity contribution in [2.75, 3.05) is 13.2 Å². The van der Waals surface area contributed by atoms with E-state index < -0.39 is 0 Å². The normalized spacial score (nSPS) is 20.3. The summed E-state index contributed by atoms with van der Waals surface area (Å²) in [5.74, 6) is 0. The average Bonchev–Trinajstić information content (AvgIpc) is 2.43. The lowest BCUT2D eigenvalue weighted by atomic mass is 9.92. The van der Waals surface area contributed by atoms with Crippen LogP contribution in [0.3, 0.4) is 0 Å². The van der Waals surface area contributed by atoms with Crippen molar-refractivity contribution in [1.29, 1.82) is 5.26 Å². The fraction of sp³-hybridized carbons (Fsp3) is 0.933. The van der Waals surface area contributed by atoms with Crippen molar-refractivity contribution < 1.29 is 4.74 Å². The molecule has 1 fully saturated rings. The van der Waals surface area contributed by atoms with E-state index in [1.165, 1.54) is 32.1 Å². The van der Waals surface area contributed by atoms with Gasteiger partial charge >= 0.3 is 0 Å². The Hall–Kier alpha value is -0.590. The lowest BCUT2D eigenvalue weighted by Gasteiger charge is -2.27. The van der Waals surface area contributed by atoms with Gasteiger partial charge in [-0.2, -0.15) is 5.26 Å². The monoisotopic (exact) mass is 252 g/mol. The number of rotatable bonds is 8. The molecular formula is C15H28N2O. The Kier molecular flexibility index (Phi) is 7.31. The van der Waals surface area contributed by atoms with Crippen LogP contribution >= 0.6 is 0 Å². The predicted octanol–water partition coefficient (Wildman–Crippen LogP) is 3.40. The molecular weight excluding hydrogens is 224 g/mol. The Bertz CT molecular complexity index is 256. The van der Waals surface area contributed by atoms with Gasteiger partial charge in [-0.3, -0.25) is 5.32 Å².